The quantitative estimate of drug-likeness (QED) is 0.921. The largest absolute Gasteiger partial charge is 0.322 e. The van der Waals surface area contributed by atoms with Gasteiger partial charge < -0.3 is 5.73 Å². The van der Waals surface area contributed by atoms with E-state index in [1.807, 2.05) is 11.6 Å². The molecule has 3 nitrogen and oxygen atoms in total. The molecule has 0 amide bonds. The summed E-state index contributed by atoms with van der Waals surface area (Å²) in [5.74, 6) is 0. The van der Waals surface area contributed by atoms with E-state index in [2.05, 4.69) is 36.3 Å². The van der Waals surface area contributed by atoms with Gasteiger partial charge in [-0.1, -0.05) is 41.4 Å². The second-order valence-corrected chi connectivity index (χ2v) is 4.90. The van der Waals surface area contributed by atoms with Gasteiger partial charge in [0, 0.05) is 6.54 Å². The van der Waals surface area contributed by atoms with E-state index in [4.69, 9.17) is 17.3 Å². The Kier molecular flexibility index (Phi) is 4.04. The highest BCUT2D eigenvalue weighted by molar-refractivity contribution is 6.31. The van der Waals surface area contributed by atoms with E-state index in [1.165, 1.54) is 11.1 Å². The van der Waals surface area contributed by atoms with Crippen molar-refractivity contribution < 1.29 is 0 Å². The van der Waals surface area contributed by atoms with Gasteiger partial charge in [-0.3, -0.25) is 4.68 Å². The van der Waals surface area contributed by atoms with Crippen molar-refractivity contribution in [3.63, 3.8) is 0 Å². The lowest BCUT2D eigenvalue weighted by atomic mass is 10.0. The number of halogens is 1. The number of rotatable bonds is 4. The minimum Gasteiger partial charge on any atom is -0.322 e. The predicted molar refractivity (Wildman–Crippen MR) is 74.7 cm³/mol. The van der Waals surface area contributed by atoms with Crippen LogP contribution in [0.3, 0.4) is 0 Å². The van der Waals surface area contributed by atoms with E-state index >= 15 is 0 Å². The summed E-state index contributed by atoms with van der Waals surface area (Å²) < 4.78 is 1.86. The maximum Gasteiger partial charge on any atom is 0.0834 e. The summed E-state index contributed by atoms with van der Waals surface area (Å²) in [4.78, 5) is 0. The fourth-order valence-electron chi connectivity index (χ4n) is 2.18. The molecule has 0 bridgehead atoms. The summed E-state index contributed by atoms with van der Waals surface area (Å²) in [5, 5.41) is 4.87. The first-order valence-corrected chi connectivity index (χ1v) is 6.52. The molecule has 0 fully saturated rings. The lowest BCUT2D eigenvalue weighted by Gasteiger charge is -2.14. The van der Waals surface area contributed by atoms with Gasteiger partial charge in [-0.2, -0.15) is 5.10 Å². The molecule has 1 aromatic carbocycles. The van der Waals surface area contributed by atoms with E-state index < -0.39 is 0 Å². The molecule has 1 aromatic heterocycles. The Bertz CT molecular complexity index is 534. The Morgan fingerprint density at radius 3 is 2.89 bits per heavy atom. The third-order valence-corrected chi connectivity index (χ3v) is 3.31. The van der Waals surface area contributed by atoms with Crippen LogP contribution >= 0.6 is 11.6 Å². The summed E-state index contributed by atoms with van der Waals surface area (Å²) >= 11 is 6.15. The molecule has 0 radical (unpaired) electrons. The number of hydrogen-bond donors (Lipinski definition) is 1. The molecule has 2 rings (SSSR count). The first-order valence-electron chi connectivity index (χ1n) is 6.14. The summed E-state index contributed by atoms with van der Waals surface area (Å²) in [7, 11) is 0. The molecule has 0 saturated heterocycles. The molecule has 2 N–H and O–H groups in total. The van der Waals surface area contributed by atoms with Crippen molar-refractivity contribution in [2.45, 2.75) is 32.9 Å². The normalized spacial score (nSPS) is 12.7. The van der Waals surface area contributed by atoms with Gasteiger partial charge in [0.05, 0.1) is 23.0 Å². The SMILES string of the molecule is CCn1ncc(Cl)c1C(N)Cc1cccc(C)c1. The molecule has 0 aliphatic heterocycles. The van der Waals surface area contributed by atoms with Crippen LogP contribution in [-0.2, 0) is 13.0 Å². The summed E-state index contributed by atoms with van der Waals surface area (Å²) in [5.41, 5.74) is 9.64. The number of nitrogens with zero attached hydrogens (tertiary/aromatic N) is 2. The van der Waals surface area contributed by atoms with E-state index in [0.717, 1.165) is 18.7 Å². The first kappa shape index (κ1) is 13.1. The van der Waals surface area contributed by atoms with Crippen LogP contribution in [-0.4, -0.2) is 9.78 Å². The molecule has 0 spiro atoms. The van der Waals surface area contributed by atoms with Crippen molar-refractivity contribution in [1.82, 2.24) is 9.78 Å². The van der Waals surface area contributed by atoms with Crippen molar-refractivity contribution in [3.8, 4) is 0 Å². The van der Waals surface area contributed by atoms with Crippen molar-refractivity contribution in [2.75, 3.05) is 0 Å². The highest BCUT2D eigenvalue weighted by Crippen LogP contribution is 2.24. The fraction of sp³-hybridized carbons (Fsp3) is 0.357. The summed E-state index contributed by atoms with van der Waals surface area (Å²) in [6.07, 6.45) is 2.43. The molecule has 1 atom stereocenters. The van der Waals surface area contributed by atoms with Crippen LogP contribution in [0, 0.1) is 6.92 Å². The number of aromatic nitrogens is 2. The van der Waals surface area contributed by atoms with Crippen molar-refractivity contribution in [1.29, 1.82) is 0 Å². The number of benzene rings is 1. The van der Waals surface area contributed by atoms with Crippen LogP contribution in [0.5, 0.6) is 0 Å². The molecule has 96 valence electrons. The van der Waals surface area contributed by atoms with Gasteiger partial charge in [0.2, 0.25) is 0 Å². The lowest BCUT2D eigenvalue weighted by Crippen LogP contribution is -2.18. The standard InChI is InChI=1S/C14H18ClN3/c1-3-18-14(12(15)9-17-18)13(16)8-11-6-4-5-10(2)7-11/h4-7,9,13H,3,8,16H2,1-2H3. The smallest absolute Gasteiger partial charge is 0.0834 e. The Morgan fingerprint density at radius 2 is 2.22 bits per heavy atom. The van der Waals surface area contributed by atoms with E-state index in [-0.39, 0.29) is 6.04 Å². The second kappa shape index (κ2) is 5.55. The van der Waals surface area contributed by atoms with Gasteiger partial charge in [-0.25, -0.2) is 0 Å². The molecule has 0 aliphatic carbocycles. The monoisotopic (exact) mass is 263 g/mol. The molecular formula is C14H18ClN3. The number of aryl methyl sites for hydroxylation is 2. The van der Waals surface area contributed by atoms with Crippen LogP contribution < -0.4 is 5.73 Å². The van der Waals surface area contributed by atoms with Crippen LogP contribution in [0.2, 0.25) is 5.02 Å². The minimum atomic E-state index is -0.123. The topological polar surface area (TPSA) is 43.8 Å². The second-order valence-electron chi connectivity index (χ2n) is 4.49. The van der Waals surface area contributed by atoms with Crippen molar-refractivity contribution >= 4 is 11.6 Å². The predicted octanol–water partition coefficient (Wildman–Crippen LogP) is 3.11. The summed E-state index contributed by atoms with van der Waals surface area (Å²) in [6.45, 7) is 4.90. The minimum absolute atomic E-state index is 0.123. The highest BCUT2D eigenvalue weighted by Gasteiger charge is 2.16. The maximum atomic E-state index is 6.25. The highest BCUT2D eigenvalue weighted by atomic mass is 35.5. The molecule has 2 aromatic rings. The van der Waals surface area contributed by atoms with Crippen LogP contribution in [0.25, 0.3) is 0 Å². The Hall–Kier alpha value is -1.32. The molecule has 1 unspecified atom stereocenters. The van der Waals surface area contributed by atoms with E-state index in [9.17, 15) is 0 Å². The van der Waals surface area contributed by atoms with Gasteiger partial charge in [0.25, 0.3) is 0 Å². The van der Waals surface area contributed by atoms with Gasteiger partial charge in [-0.15, -0.1) is 0 Å². The lowest BCUT2D eigenvalue weighted by molar-refractivity contribution is 0.568. The van der Waals surface area contributed by atoms with Crippen LogP contribution in [0.1, 0.15) is 29.8 Å². The summed E-state index contributed by atoms with van der Waals surface area (Å²) in [6, 6.07) is 8.25. The molecule has 0 aliphatic rings. The Labute approximate surface area is 113 Å². The zero-order chi connectivity index (χ0) is 13.1. The molecule has 0 saturated carbocycles. The van der Waals surface area contributed by atoms with E-state index in [0.29, 0.717) is 5.02 Å². The molecule has 18 heavy (non-hydrogen) atoms. The number of hydrogen-bond acceptors (Lipinski definition) is 2. The third-order valence-electron chi connectivity index (χ3n) is 3.02. The van der Waals surface area contributed by atoms with Gasteiger partial charge >= 0.3 is 0 Å². The maximum absolute atomic E-state index is 6.25. The van der Waals surface area contributed by atoms with Crippen LogP contribution in [0.15, 0.2) is 30.5 Å². The Balaban J connectivity index is 2.21. The van der Waals surface area contributed by atoms with E-state index in [1.54, 1.807) is 6.20 Å². The zero-order valence-electron chi connectivity index (χ0n) is 10.7. The average Bonchev–Trinajstić information content (AvgIpc) is 2.70. The number of nitrogens with two attached hydrogens (primary N) is 1. The first-order chi connectivity index (χ1) is 8.61. The van der Waals surface area contributed by atoms with Crippen molar-refractivity contribution in [2.24, 2.45) is 5.73 Å². The van der Waals surface area contributed by atoms with Crippen LogP contribution in [0.4, 0.5) is 0 Å². The third kappa shape index (κ3) is 2.74. The molecular weight excluding hydrogens is 246 g/mol. The van der Waals surface area contributed by atoms with Gasteiger partial charge in [0.1, 0.15) is 0 Å². The Morgan fingerprint density at radius 1 is 1.44 bits per heavy atom. The zero-order valence-corrected chi connectivity index (χ0v) is 11.5. The average molecular weight is 264 g/mol. The van der Waals surface area contributed by atoms with Gasteiger partial charge in [-0.05, 0) is 25.8 Å². The van der Waals surface area contributed by atoms with Gasteiger partial charge in [0.15, 0.2) is 0 Å². The molecule has 1 heterocycles. The fourth-order valence-corrected chi connectivity index (χ4v) is 2.46. The molecule has 4 heteroatoms. The van der Waals surface area contributed by atoms with Crippen molar-refractivity contribution in [3.05, 3.63) is 52.3 Å².